The maximum Gasteiger partial charge on any atom is 0.200 e. The van der Waals surface area contributed by atoms with Crippen LogP contribution in [0.25, 0.3) is 0 Å². The second-order valence-electron chi connectivity index (χ2n) is 17.6. The Morgan fingerprint density at radius 2 is 1.30 bits per heavy atom. The smallest absolute Gasteiger partial charge is 0.200 e. The van der Waals surface area contributed by atoms with Gasteiger partial charge in [-0.25, -0.2) is 0 Å². The Balaban J connectivity index is 6.43. The van der Waals surface area contributed by atoms with Crippen molar-refractivity contribution in [2.75, 3.05) is 20.0 Å². The Morgan fingerprint density at radius 1 is 0.787 bits per heavy atom. The Kier molecular flexibility index (Phi) is 20.8. The van der Waals surface area contributed by atoms with Crippen molar-refractivity contribution in [2.45, 2.75) is 200 Å². The van der Waals surface area contributed by atoms with Crippen LogP contribution in [0.1, 0.15) is 103 Å². The highest BCUT2D eigenvalue weighted by Crippen LogP contribution is 2.42. The number of ether oxygens (including phenoxy) is 2. The molecule has 0 bridgehead atoms. The number of aldehydes is 1. The van der Waals surface area contributed by atoms with Gasteiger partial charge in [-0.15, -0.1) is 0 Å². The monoisotopic (exact) mass is 733 g/mol. The molecular weight excluding hydrogens is 653 g/mol. The third-order valence-electron chi connectivity index (χ3n) is 11.0. The second-order valence-corrected chi connectivity index (χ2v) is 38.1. The standard InChI is InChI=1S/C37H80O6Si4/c1-19-46(20-2,21-3)43-35(26-34(28-38)22-23-41-47(30(4)5,31(6)7)32(8)9)27-36(40-29-39-24-25-44(14,15)16)33(10)42-45(17,18)37(11,12)13/h22,28,30-33,35-36H,19-21,23-27,29H2,1-18H3/b34-22+/t33-,35+,36-/m1/s1. The first-order chi connectivity index (χ1) is 21.5. The highest BCUT2D eigenvalue weighted by Gasteiger charge is 2.45. The summed E-state index contributed by atoms with van der Waals surface area (Å²) in [5.41, 5.74) is 2.23. The summed E-state index contributed by atoms with van der Waals surface area (Å²) < 4.78 is 33.5. The third kappa shape index (κ3) is 15.5. The SMILES string of the molecule is CC[Si](CC)(CC)O[C@@H](C/C(C=O)=C\CO[Si](C(C)C)(C(C)C)C(C)C)C[C@@H](OCOCC[Si](C)(C)C)[C@@H](C)O[Si](C)(C)C(C)(C)C. The number of rotatable bonds is 25. The van der Waals surface area contributed by atoms with Gasteiger partial charge in [-0.3, -0.25) is 4.79 Å². The lowest BCUT2D eigenvalue weighted by Gasteiger charge is -2.42. The summed E-state index contributed by atoms with van der Waals surface area (Å²) in [6.45, 7) is 42.6. The summed E-state index contributed by atoms with van der Waals surface area (Å²) in [4.78, 5) is 12.6. The molecule has 0 aromatic rings. The Hall–Kier alpha value is 0.0775. The molecule has 0 aliphatic rings. The lowest BCUT2D eigenvalue weighted by atomic mass is 10.0. The highest BCUT2D eigenvalue weighted by atomic mass is 28.4. The van der Waals surface area contributed by atoms with E-state index in [4.69, 9.17) is 22.8 Å². The molecule has 0 fully saturated rings. The molecule has 280 valence electrons. The van der Waals surface area contributed by atoms with E-state index in [0.29, 0.717) is 42.7 Å². The molecule has 0 N–H and O–H groups in total. The third-order valence-corrected chi connectivity index (χ3v) is 28.1. The first-order valence-corrected chi connectivity index (χ1v) is 30.1. The highest BCUT2D eigenvalue weighted by molar-refractivity contribution is 6.77. The van der Waals surface area contributed by atoms with Gasteiger partial charge in [0.1, 0.15) is 13.1 Å². The van der Waals surface area contributed by atoms with Crippen molar-refractivity contribution >= 4 is 39.3 Å². The Labute approximate surface area is 297 Å². The summed E-state index contributed by atoms with van der Waals surface area (Å²) >= 11 is 0. The summed E-state index contributed by atoms with van der Waals surface area (Å²) in [6, 6.07) is 4.25. The molecule has 0 aromatic carbocycles. The largest absolute Gasteiger partial charge is 0.414 e. The van der Waals surface area contributed by atoms with Gasteiger partial charge in [0.05, 0.1) is 24.9 Å². The molecule has 0 amide bonds. The van der Waals surface area contributed by atoms with Crippen molar-refractivity contribution in [2.24, 2.45) is 0 Å². The maximum absolute atomic E-state index is 12.6. The minimum absolute atomic E-state index is 0.0815. The molecule has 0 aromatic heterocycles. The van der Waals surface area contributed by atoms with Crippen LogP contribution in [0.2, 0.25) is 78.6 Å². The van der Waals surface area contributed by atoms with Crippen LogP contribution in [0.5, 0.6) is 0 Å². The molecule has 0 unspecified atom stereocenters. The van der Waals surface area contributed by atoms with E-state index in [2.05, 4.69) is 123 Å². The molecule has 3 atom stereocenters. The molecule has 0 saturated carbocycles. The van der Waals surface area contributed by atoms with Crippen molar-refractivity contribution in [3.8, 4) is 0 Å². The summed E-state index contributed by atoms with van der Waals surface area (Å²) in [6.07, 6.45) is 3.73. The van der Waals surface area contributed by atoms with Crippen molar-refractivity contribution in [3.05, 3.63) is 11.6 Å². The Bertz CT molecular complexity index is 873. The van der Waals surface area contributed by atoms with Crippen LogP contribution < -0.4 is 0 Å². The van der Waals surface area contributed by atoms with Gasteiger partial charge >= 0.3 is 0 Å². The van der Waals surface area contributed by atoms with Crippen molar-refractivity contribution < 1.29 is 27.5 Å². The second kappa shape index (κ2) is 20.8. The van der Waals surface area contributed by atoms with Crippen LogP contribution in [0.15, 0.2) is 11.6 Å². The van der Waals surface area contributed by atoms with Crippen LogP contribution in [0, 0.1) is 0 Å². The zero-order valence-corrected chi connectivity index (χ0v) is 38.4. The summed E-state index contributed by atoms with van der Waals surface area (Å²) in [7, 11) is -7.30. The van der Waals surface area contributed by atoms with Crippen LogP contribution in [-0.2, 0) is 27.5 Å². The average molecular weight is 733 g/mol. The first kappa shape index (κ1) is 47.1. The normalized spacial score (nSPS) is 16.3. The fourth-order valence-corrected chi connectivity index (χ4v) is 17.2. The van der Waals surface area contributed by atoms with E-state index in [1.54, 1.807) is 0 Å². The van der Waals surface area contributed by atoms with Gasteiger partial charge in [0.25, 0.3) is 0 Å². The molecular formula is C37H80O6Si4. The van der Waals surface area contributed by atoms with E-state index in [9.17, 15) is 4.79 Å². The zero-order chi connectivity index (χ0) is 36.9. The minimum atomic E-state index is -2.06. The van der Waals surface area contributed by atoms with Crippen molar-refractivity contribution in [1.29, 1.82) is 0 Å². The van der Waals surface area contributed by atoms with Crippen LogP contribution in [0.3, 0.4) is 0 Å². The van der Waals surface area contributed by atoms with Gasteiger partial charge in [-0.2, -0.15) is 0 Å². The average Bonchev–Trinajstić information content (AvgIpc) is 2.94. The fraction of sp³-hybridized carbons (Fsp3) is 0.919. The van der Waals surface area contributed by atoms with Crippen molar-refractivity contribution in [3.63, 3.8) is 0 Å². The number of hydrogen-bond acceptors (Lipinski definition) is 6. The molecule has 0 spiro atoms. The van der Waals surface area contributed by atoms with Gasteiger partial charge in [0.15, 0.2) is 16.6 Å². The first-order valence-electron chi connectivity index (χ1n) is 18.8. The van der Waals surface area contributed by atoms with Crippen LogP contribution in [0.4, 0.5) is 0 Å². The quantitative estimate of drug-likeness (QED) is 0.0306. The number of hydrogen-bond donors (Lipinski definition) is 0. The van der Waals surface area contributed by atoms with E-state index >= 15 is 0 Å². The predicted octanol–water partition coefficient (Wildman–Crippen LogP) is 11.6. The Morgan fingerprint density at radius 3 is 1.70 bits per heavy atom. The molecule has 0 radical (unpaired) electrons. The van der Waals surface area contributed by atoms with Crippen LogP contribution >= 0.6 is 0 Å². The summed E-state index contributed by atoms with van der Waals surface area (Å²) in [5, 5.41) is 0.0815. The maximum atomic E-state index is 12.6. The molecule has 0 saturated heterocycles. The fourth-order valence-electron chi connectivity index (χ4n) is 6.71. The molecule has 0 heterocycles. The van der Waals surface area contributed by atoms with E-state index in [1.807, 2.05) is 6.08 Å². The van der Waals surface area contributed by atoms with E-state index in [-0.39, 0.29) is 30.1 Å². The van der Waals surface area contributed by atoms with Gasteiger partial charge < -0.3 is 22.8 Å². The van der Waals surface area contributed by atoms with Gasteiger partial charge in [-0.1, -0.05) is 109 Å². The molecule has 47 heavy (non-hydrogen) atoms. The van der Waals surface area contributed by atoms with Crippen LogP contribution in [-0.4, -0.2) is 77.6 Å². The molecule has 10 heteroatoms. The molecule has 0 aliphatic carbocycles. The lowest BCUT2D eigenvalue weighted by Crippen LogP contribution is -2.48. The van der Waals surface area contributed by atoms with E-state index in [0.717, 1.165) is 36.0 Å². The van der Waals surface area contributed by atoms with Gasteiger partial charge in [0, 0.05) is 27.5 Å². The van der Waals surface area contributed by atoms with E-state index < -0.39 is 33.0 Å². The van der Waals surface area contributed by atoms with Gasteiger partial charge in [-0.05, 0) is 71.4 Å². The topological polar surface area (TPSA) is 63.2 Å². The molecule has 6 nitrogen and oxygen atoms in total. The zero-order valence-electron chi connectivity index (χ0n) is 34.4. The van der Waals surface area contributed by atoms with E-state index in [1.165, 1.54) is 0 Å². The number of carbonyl (C=O) groups is 1. The summed E-state index contributed by atoms with van der Waals surface area (Å²) in [5.74, 6) is 0. The van der Waals surface area contributed by atoms with Gasteiger partial charge in [0.2, 0.25) is 8.32 Å². The molecule has 0 aliphatic heterocycles. The van der Waals surface area contributed by atoms with Crippen molar-refractivity contribution in [1.82, 2.24) is 0 Å². The molecule has 0 rings (SSSR count). The predicted molar refractivity (Wildman–Crippen MR) is 214 cm³/mol. The number of carbonyl (C=O) groups excluding carboxylic acids is 1. The lowest BCUT2D eigenvalue weighted by molar-refractivity contribution is -0.125. The minimum Gasteiger partial charge on any atom is -0.414 e.